The van der Waals surface area contributed by atoms with Crippen molar-refractivity contribution in [3.63, 3.8) is 0 Å². The largest absolute Gasteiger partial charge is 0.394 e. The number of nitrogens with two attached hydrogens (primary N) is 1. The van der Waals surface area contributed by atoms with E-state index in [4.69, 9.17) is 10.2 Å². The number of primary sulfonamides is 1. The number of nitrogens with zero attached hydrogens (tertiary/aromatic N) is 3. The third-order valence-electron chi connectivity index (χ3n) is 2.91. The van der Waals surface area contributed by atoms with Gasteiger partial charge < -0.3 is 10.4 Å². The molecule has 0 unspecified atom stereocenters. The summed E-state index contributed by atoms with van der Waals surface area (Å²) >= 11 is 0. The maximum atomic E-state index is 11.3. The molecule has 0 saturated heterocycles. The Labute approximate surface area is 122 Å². The monoisotopic (exact) mass is 311 g/mol. The molecule has 0 atom stereocenters. The van der Waals surface area contributed by atoms with Gasteiger partial charge in [0.2, 0.25) is 10.0 Å². The van der Waals surface area contributed by atoms with E-state index in [9.17, 15) is 8.42 Å². The third kappa shape index (κ3) is 4.00. The van der Waals surface area contributed by atoms with Crippen molar-refractivity contribution in [3.8, 4) is 0 Å². The van der Waals surface area contributed by atoms with Crippen molar-refractivity contribution in [2.75, 3.05) is 11.9 Å². The fourth-order valence-electron chi connectivity index (χ4n) is 1.79. The number of aromatic nitrogens is 3. The van der Waals surface area contributed by atoms with Crippen molar-refractivity contribution in [1.29, 1.82) is 0 Å². The smallest absolute Gasteiger partial charge is 0.238 e. The van der Waals surface area contributed by atoms with E-state index in [1.807, 2.05) is 6.92 Å². The second-order valence-corrected chi connectivity index (χ2v) is 6.13. The van der Waals surface area contributed by atoms with Crippen molar-refractivity contribution in [2.45, 2.75) is 24.9 Å². The molecule has 0 aliphatic heterocycles. The van der Waals surface area contributed by atoms with E-state index in [-0.39, 0.29) is 11.5 Å². The van der Waals surface area contributed by atoms with Gasteiger partial charge in [0.1, 0.15) is 5.69 Å². The van der Waals surface area contributed by atoms with Crippen molar-refractivity contribution in [3.05, 3.63) is 35.7 Å². The molecular formula is C12H17N5O3S. The van der Waals surface area contributed by atoms with Gasteiger partial charge in [-0.3, -0.25) is 0 Å². The molecule has 4 N–H and O–H groups in total. The summed E-state index contributed by atoms with van der Waals surface area (Å²) < 4.78 is 24.2. The first-order chi connectivity index (χ1) is 9.90. The van der Waals surface area contributed by atoms with Crippen LogP contribution >= 0.6 is 0 Å². The van der Waals surface area contributed by atoms with Crippen molar-refractivity contribution < 1.29 is 13.5 Å². The molecule has 0 saturated carbocycles. The van der Waals surface area contributed by atoms with E-state index in [0.29, 0.717) is 24.5 Å². The Kier molecular flexibility index (Phi) is 4.56. The van der Waals surface area contributed by atoms with Crippen LogP contribution in [-0.4, -0.2) is 35.1 Å². The van der Waals surface area contributed by atoms with Crippen LogP contribution in [0.4, 0.5) is 5.69 Å². The molecule has 8 nitrogen and oxygen atoms in total. The standard InChI is InChI=1S/C12H17N5O3S/c1-9-2-3-11(21(13,19)20)6-12(9)14-7-10-8-17(4-5-18)16-15-10/h2-3,6,8,14,18H,4-5,7H2,1H3,(H2,13,19,20). The second kappa shape index (κ2) is 6.20. The Hall–Kier alpha value is -1.97. The SMILES string of the molecule is Cc1ccc(S(N)(=O)=O)cc1NCc1cn(CCO)nn1. The summed E-state index contributed by atoms with van der Waals surface area (Å²) in [6.07, 6.45) is 1.71. The number of anilines is 1. The Morgan fingerprint density at radius 3 is 2.86 bits per heavy atom. The molecule has 2 aromatic rings. The van der Waals surface area contributed by atoms with Crippen molar-refractivity contribution in [2.24, 2.45) is 5.14 Å². The van der Waals surface area contributed by atoms with Gasteiger partial charge in [0.15, 0.2) is 0 Å². The summed E-state index contributed by atoms with van der Waals surface area (Å²) in [5.41, 5.74) is 2.24. The van der Waals surface area contributed by atoms with E-state index in [1.165, 1.54) is 16.8 Å². The molecule has 0 bridgehead atoms. The van der Waals surface area contributed by atoms with Crippen molar-refractivity contribution >= 4 is 15.7 Å². The molecule has 21 heavy (non-hydrogen) atoms. The van der Waals surface area contributed by atoms with Crippen LogP contribution in [-0.2, 0) is 23.1 Å². The Balaban J connectivity index is 2.12. The molecule has 1 aromatic carbocycles. The predicted octanol–water partition coefficient (Wildman–Crippen LogP) is -0.162. The summed E-state index contributed by atoms with van der Waals surface area (Å²) in [5, 5.41) is 24.8. The van der Waals surface area contributed by atoms with Gasteiger partial charge in [0, 0.05) is 5.69 Å². The summed E-state index contributed by atoms with van der Waals surface area (Å²) in [4.78, 5) is 0.0551. The van der Waals surface area contributed by atoms with Crippen LogP contribution in [0.3, 0.4) is 0 Å². The fourth-order valence-corrected chi connectivity index (χ4v) is 2.33. The minimum atomic E-state index is -3.73. The number of aliphatic hydroxyl groups excluding tert-OH is 1. The van der Waals surface area contributed by atoms with Crippen LogP contribution in [0.15, 0.2) is 29.3 Å². The zero-order valence-corrected chi connectivity index (χ0v) is 12.3. The normalized spacial score (nSPS) is 11.6. The highest BCUT2D eigenvalue weighted by atomic mass is 32.2. The van der Waals surface area contributed by atoms with Crippen LogP contribution in [0.5, 0.6) is 0 Å². The molecule has 0 spiro atoms. The number of nitrogens with one attached hydrogen (secondary N) is 1. The zero-order chi connectivity index (χ0) is 15.5. The van der Waals surface area contributed by atoms with Crippen LogP contribution in [0.2, 0.25) is 0 Å². The average Bonchev–Trinajstić information content (AvgIpc) is 2.84. The lowest BCUT2D eigenvalue weighted by atomic mass is 10.2. The lowest BCUT2D eigenvalue weighted by molar-refractivity contribution is 0.268. The molecule has 1 aromatic heterocycles. The van der Waals surface area contributed by atoms with Crippen LogP contribution in [0.1, 0.15) is 11.3 Å². The number of hydrogen-bond donors (Lipinski definition) is 3. The lowest BCUT2D eigenvalue weighted by Crippen LogP contribution is -2.13. The molecule has 0 fully saturated rings. The summed E-state index contributed by atoms with van der Waals surface area (Å²) in [5.74, 6) is 0. The predicted molar refractivity (Wildman–Crippen MR) is 77.0 cm³/mol. The summed E-state index contributed by atoms with van der Waals surface area (Å²) in [7, 11) is -3.73. The first-order valence-electron chi connectivity index (χ1n) is 6.27. The second-order valence-electron chi connectivity index (χ2n) is 4.57. The highest BCUT2D eigenvalue weighted by Crippen LogP contribution is 2.19. The molecule has 0 aliphatic carbocycles. The zero-order valence-electron chi connectivity index (χ0n) is 11.5. The molecule has 2 rings (SSSR count). The highest BCUT2D eigenvalue weighted by Gasteiger charge is 2.10. The quantitative estimate of drug-likeness (QED) is 0.681. The van der Waals surface area contributed by atoms with E-state index in [0.717, 1.165) is 5.56 Å². The van der Waals surface area contributed by atoms with Crippen LogP contribution < -0.4 is 10.5 Å². The first-order valence-corrected chi connectivity index (χ1v) is 7.82. The van der Waals surface area contributed by atoms with Crippen molar-refractivity contribution in [1.82, 2.24) is 15.0 Å². The van der Waals surface area contributed by atoms with Crippen LogP contribution in [0, 0.1) is 6.92 Å². The number of rotatable bonds is 6. The lowest BCUT2D eigenvalue weighted by Gasteiger charge is -2.09. The van der Waals surface area contributed by atoms with Gasteiger partial charge in [-0.25, -0.2) is 18.2 Å². The van der Waals surface area contributed by atoms with Crippen LogP contribution in [0.25, 0.3) is 0 Å². The third-order valence-corrected chi connectivity index (χ3v) is 3.82. The molecule has 1 heterocycles. The average molecular weight is 311 g/mol. The number of benzene rings is 1. The molecular weight excluding hydrogens is 294 g/mol. The maximum absolute atomic E-state index is 11.3. The Morgan fingerprint density at radius 2 is 2.19 bits per heavy atom. The van der Waals surface area contributed by atoms with Gasteiger partial charge in [-0.15, -0.1) is 5.10 Å². The molecule has 0 aliphatic rings. The number of sulfonamides is 1. The van der Waals surface area contributed by atoms with Gasteiger partial charge in [0.05, 0.1) is 30.8 Å². The highest BCUT2D eigenvalue weighted by molar-refractivity contribution is 7.89. The molecule has 0 radical (unpaired) electrons. The summed E-state index contributed by atoms with van der Waals surface area (Å²) in [6.45, 7) is 2.62. The minimum Gasteiger partial charge on any atom is -0.394 e. The topological polar surface area (TPSA) is 123 Å². The number of hydrogen-bond acceptors (Lipinski definition) is 6. The van der Waals surface area contributed by atoms with E-state index >= 15 is 0 Å². The minimum absolute atomic E-state index is 0.00819. The molecule has 0 amide bonds. The van der Waals surface area contributed by atoms with E-state index < -0.39 is 10.0 Å². The Bertz CT molecular complexity index is 726. The van der Waals surface area contributed by atoms with Gasteiger partial charge in [0.25, 0.3) is 0 Å². The maximum Gasteiger partial charge on any atom is 0.238 e. The van der Waals surface area contributed by atoms with Gasteiger partial charge in [-0.2, -0.15) is 0 Å². The first kappa shape index (κ1) is 15.4. The summed E-state index contributed by atoms with van der Waals surface area (Å²) in [6, 6.07) is 4.64. The van der Waals surface area contributed by atoms with Gasteiger partial charge in [-0.05, 0) is 24.6 Å². The molecule has 114 valence electrons. The Morgan fingerprint density at radius 1 is 1.43 bits per heavy atom. The van der Waals surface area contributed by atoms with E-state index in [1.54, 1.807) is 12.3 Å². The number of aryl methyl sites for hydroxylation is 1. The van der Waals surface area contributed by atoms with Gasteiger partial charge >= 0.3 is 0 Å². The fraction of sp³-hybridized carbons (Fsp3) is 0.333. The number of aliphatic hydroxyl groups is 1. The van der Waals surface area contributed by atoms with Gasteiger partial charge in [-0.1, -0.05) is 11.3 Å². The van der Waals surface area contributed by atoms with E-state index in [2.05, 4.69) is 15.6 Å². The molecule has 9 heteroatoms.